The Kier molecular flexibility index (Phi) is 4.93. The Labute approximate surface area is 119 Å². The SMILES string of the molecule is C/C=C/C(=O)Nc1ccc(C(=O)N2CCCCC2)cc1. The maximum Gasteiger partial charge on any atom is 0.253 e. The van der Waals surface area contributed by atoms with Crippen molar-refractivity contribution in [1.29, 1.82) is 0 Å². The van der Waals surface area contributed by atoms with E-state index in [0.29, 0.717) is 11.3 Å². The van der Waals surface area contributed by atoms with Crippen LogP contribution in [-0.4, -0.2) is 29.8 Å². The van der Waals surface area contributed by atoms with Gasteiger partial charge in [0.15, 0.2) is 0 Å². The number of hydrogen-bond donors (Lipinski definition) is 1. The van der Waals surface area contributed by atoms with Gasteiger partial charge in [0.2, 0.25) is 5.91 Å². The summed E-state index contributed by atoms with van der Waals surface area (Å²) in [6.45, 7) is 3.48. The lowest BCUT2D eigenvalue weighted by molar-refractivity contribution is -0.111. The first-order valence-electron chi connectivity index (χ1n) is 7.04. The van der Waals surface area contributed by atoms with Crippen molar-refractivity contribution in [2.75, 3.05) is 18.4 Å². The lowest BCUT2D eigenvalue weighted by Gasteiger charge is -2.26. The Morgan fingerprint density at radius 1 is 1.10 bits per heavy atom. The molecule has 0 aliphatic carbocycles. The summed E-state index contributed by atoms with van der Waals surface area (Å²) in [5.74, 6) is -0.0846. The zero-order valence-electron chi connectivity index (χ0n) is 11.8. The van der Waals surface area contributed by atoms with Crippen LogP contribution in [-0.2, 0) is 4.79 Å². The number of carbonyl (C=O) groups is 2. The number of hydrogen-bond acceptors (Lipinski definition) is 2. The molecule has 1 fully saturated rings. The molecule has 20 heavy (non-hydrogen) atoms. The molecule has 0 spiro atoms. The van der Waals surface area contributed by atoms with Crippen LogP contribution in [0.5, 0.6) is 0 Å². The fraction of sp³-hybridized carbons (Fsp3) is 0.375. The van der Waals surface area contributed by atoms with Gasteiger partial charge >= 0.3 is 0 Å². The molecule has 1 heterocycles. The molecule has 1 aliphatic heterocycles. The Bertz CT molecular complexity index is 500. The average molecular weight is 272 g/mol. The highest BCUT2D eigenvalue weighted by Gasteiger charge is 2.17. The number of carbonyl (C=O) groups excluding carboxylic acids is 2. The lowest BCUT2D eigenvalue weighted by Crippen LogP contribution is -2.35. The minimum absolute atomic E-state index is 0.0797. The third kappa shape index (κ3) is 3.70. The standard InChI is InChI=1S/C16H20N2O2/c1-2-6-15(19)17-14-9-7-13(8-10-14)16(20)18-11-4-3-5-12-18/h2,6-10H,3-5,11-12H2,1H3,(H,17,19)/b6-2+. The highest BCUT2D eigenvalue weighted by Crippen LogP contribution is 2.15. The summed E-state index contributed by atoms with van der Waals surface area (Å²) in [5, 5.41) is 2.74. The van der Waals surface area contributed by atoms with Crippen LogP contribution in [0.25, 0.3) is 0 Å². The summed E-state index contributed by atoms with van der Waals surface area (Å²) >= 11 is 0. The summed E-state index contributed by atoms with van der Waals surface area (Å²) in [6.07, 6.45) is 6.53. The summed E-state index contributed by atoms with van der Waals surface area (Å²) in [5.41, 5.74) is 1.37. The fourth-order valence-electron chi connectivity index (χ4n) is 2.31. The minimum atomic E-state index is -0.164. The van der Waals surface area contributed by atoms with Crippen molar-refractivity contribution < 1.29 is 9.59 Å². The maximum absolute atomic E-state index is 12.3. The second-order valence-electron chi connectivity index (χ2n) is 4.92. The summed E-state index contributed by atoms with van der Waals surface area (Å²) < 4.78 is 0. The van der Waals surface area contributed by atoms with E-state index in [1.807, 2.05) is 4.90 Å². The van der Waals surface area contributed by atoms with Gasteiger partial charge in [-0.3, -0.25) is 9.59 Å². The molecule has 1 saturated heterocycles. The molecule has 106 valence electrons. The number of anilines is 1. The normalized spacial score (nSPS) is 15.3. The molecular weight excluding hydrogens is 252 g/mol. The highest BCUT2D eigenvalue weighted by atomic mass is 16.2. The molecule has 0 bridgehead atoms. The molecule has 1 aromatic rings. The van der Waals surface area contributed by atoms with E-state index < -0.39 is 0 Å². The lowest BCUT2D eigenvalue weighted by atomic mass is 10.1. The number of amides is 2. The second kappa shape index (κ2) is 6.89. The number of piperidine rings is 1. The van der Waals surface area contributed by atoms with Crippen LogP contribution in [0.2, 0.25) is 0 Å². The first-order chi connectivity index (χ1) is 9.70. The van der Waals surface area contributed by atoms with Gasteiger partial charge in [0.25, 0.3) is 5.91 Å². The molecule has 0 unspecified atom stereocenters. The molecular formula is C16H20N2O2. The van der Waals surface area contributed by atoms with Gasteiger partial charge in [-0.1, -0.05) is 6.08 Å². The van der Waals surface area contributed by atoms with E-state index in [2.05, 4.69) is 5.32 Å². The average Bonchev–Trinajstić information content (AvgIpc) is 2.48. The molecule has 0 aromatic heterocycles. The third-order valence-electron chi connectivity index (χ3n) is 3.36. The Morgan fingerprint density at radius 3 is 2.35 bits per heavy atom. The van der Waals surface area contributed by atoms with Crippen molar-refractivity contribution in [3.05, 3.63) is 42.0 Å². The van der Waals surface area contributed by atoms with E-state index in [4.69, 9.17) is 0 Å². The summed E-state index contributed by atoms with van der Waals surface area (Å²) in [4.78, 5) is 25.6. The van der Waals surface area contributed by atoms with Gasteiger partial charge in [-0.25, -0.2) is 0 Å². The summed E-state index contributed by atoms with van der Waals surface area (Å²) in [7, 11) is 0. The summed E-state index contributed by atoms with van der Waals surface area (Å²) in [6, 6.07) is 7.06. The zero-order valence-corrected chi connectivity index (χ0v) is 11.8. The van der Waals surface area contributed by atoms with Crippen molar-refractivity contribution in [2.45, 2.75) is 26.2 Å². The van der Waals surface area contributed by atoms with Crippen LogP contribution in [0, 0.1) is 0 Å². The number of benzene rings is 1. The van der Waals surface area contributed by atoms with E-state index in [1.165, 1.54) is 12.5 Å². The highest BCUT2D eigenvalue weighted by molar-refractivity contribution is 6.00. The largest absolute Gasteiger partial charge is 0.339 e. The van der Waals surface area contributed by atoms with Gasteiger partial charge in [-0.15, -0.1) is 0 Å². The first-order valence-corrected chi connectivity index (χ1v) is 7.04. The Hall–Kier alpha value is -2.10. The predicted octanol–water partition coefficient (Wildman–Crippen LogP) is 2.83. The molecule has 1 N–H and O–H groups in total. The quantitative estimate of drug-likeness (QED) is 0.860. The van der Waals surface area contributed by atoms with Gasteiger partial charge in [0, 0.05) is 24.3 Å². The molecule has 0 radical (unpaired) electrons. The predicted molar refractivity (Wildman–Crippen MR) is 79.6 cm³/mol. The molecule has 0 saturated carbocycles. The van der Waals surface area contributed by atoms with Crippen molar-refractivity contribution in [1.82, 2.24) is 4.90 Å². The molecule has 1 aliphatic rings. The van der Waals surface area contributed by atoms with Crippen LogP contribution < -0.4 is 5.32 Å². The van der Waals surface area contributed by atoms with Crippen LogP contribution in [0.4, 0.5) is 5.69 Å². The van der Waals surface area contributed by atoms with Crippen LogP contribution in [0.1, 0.15) is 36.5 Å². The monoisotopic (exact) mass is 272 g/mol. The zero-order chi connectivity index (χ0) is 14.4. The van der Waals surface area contributed by atoms with E-state index in [0.717, 1.165) is 25.9 Å². The molecule has 4 nitrogen and oxygen atoms in total. The van der Waals surface area contributed by atoms with Crippen molar-refractivity contribution in [2.24, 2.45) is 0 Å². The van der Waals surface area contributed by atoms with Crippen LogP contribution in [0.3, 0.4) is 0 Å². The Morgan fingerprint density at radius 2 is 1.75 bits per heavy atom. The number of nitrogens with zero attached hydrogens (tertiary/aromatic N) is 1. The smallest absolute Gasteiger partial charge is 0.253 e. The molecule has 0 atom stereocenters. The number of nitrogens with one attached hydrogen (secondary N) is 1. The van der Waals surface area contributed by atoms with Crippen molar-refractivity contribution >= 4 is 17.5 Å². The number of likely N-dealkylation sites (tertiary alicyclic amines) is 1. The van der Waals surface area contributed by atoms with Gasteiger partial charge < -0.3 is 10.2 Å². The third-order valence-corrected chi connectivity index (χ3v) is 3.36. The maximum atomic E-state index is 12.3. The number of allylic oxidation sites excluding steroid dienone is 1. The van der Waals surface area contributed by atoms with Gasteiger partial charge in [-0.05, 0) is 56.5 Å². The van der Waals surface area contributed by atoms with Crippen molar-refractivity contribution in [3.63, 3.8) is 0 Å². The topological polar surface area (TPSA) is 49.4 Å². The molecule has 2 amide bonds. The first kappa shape index (κ1) is 14.3. The van der Waals surface area contributed by atoms with Gasteiger partial charge in [0.1, 0.15) is 0 Å². The van der Waals surface area contributed by atoms with E-state index in [1.54, 1.807) is 37.3 Å². The van der Waals surface area contributed by atoms with Crippen LogP contribution in [0.15, 0.2) is 36.4 Å². The molecule has 1 aromatic carbocycles. The van der Waals surface area contributed by atoms with E-state index >= 15 is 0 Å². The Balaban J connectivity index is 2.00. The fourth-order valence-corrected chi connectivity index (χ4v) is 2.31. The molecule has 4 heteroatoms. The molecule has 2 rings (SSSR count). The van der Waals surface area contributed by atoms with E-state index in [-0.39, 0.29) is 11.8 Å². The van der Waals surface area contributed by atoms with Crippen LogP contribution >= 0.6 is 0 Å². The van der Waals surface area contributed by atoms with Crippen molar-refractivity contribution in [3.8, 4) is 0 Å². The van der Waals surface area contributed by atoms with Gasteiger partial charge in [-0.2, -0.15) is 0 Å². The minimum Gasteiger partial charge on any atom is -0.339 e. The second-order valence-corrected chi connectivity index (χ2v) is 4.92. The van der Waals surface area contributed by atoms with E-state index in [9.17, 15) is 9.59 Å². The van der Waals surface area contributed by atoms with Gasteiger partial charge in [0.05, 0.1) is 0 Å². The number of rotatable bonds is 3.